The maximum atomic E-state index is 10.9. The normalized spacial score (nSPS) is 9.35. The average Bonchev–Trinajstić information content (AvgIpc) is 2.45. The van der Waals surface area contributed by atoms with E-state index < -0.39 is 0 Å². The monoisotopic (exact) mass is 271 g/mol. The third-order valence-corrected chi connectivity index (χ3v) is 2.79. The lowest BCUT2D eigenvalue weighted by Crippen LogP contribution is -2.22. The molecular formula is C16H21N3O. The number of amides is 1. The van der Waals surface area contributed by atoms with Crippen LogP contribution < -0.4 is 16.8 Å². The molecule has 0 heterocycles. The first-order chi connectivity index (χ1) is 9.54. The van der Waals surface area contributed by atoms with E-state index in [0.29, 0.717) is 0 Å². The predicted octanol–water partition coefficient (Wildman–Crippen LogP) is 2.47. The van der Waals surface area contributed by atoms with Crippen LogP contribution in [0.4, 0.5) is 11.4 Å². The molecule has 0 bridgehead atoms. The summed E-state index contributed by atoms with van der Waals surface area (Å²) in [6.45, 7) is 3.95. The SMILES string of the molecule is Cc1ccccc1N.Cc1ccccc1NC(=O)CN. The molecule has 0 saturated carbocycles. The second-order valence-electron chi connectivity index (χ2n) is 4.42. The Bertz CT molecular complexity index is 546. The van der Waals surface area contributed by atoms with Crippen LogP contribution in [0.25, 0.3) is 0 Å². The van der Waals surface area contributed by atoms with Crippen molar-refractivity contribution >= 4 is 17.3 Å². The van der Waals surface area contributed by atoms with Crippen LogP contribution in [0.15, 0.2) is 48.5 Å². The highest BCUT2D eigenvalue weighted by Gasteiger charge is 1.99. The van der Waals surface area contributed by atoms with Gasteiger partial charge in [0.15, 0.2) is 0 Å². The highest BCUT2D eigenvalue weighted by Crippen LogP contribution is 2.12. The molecule has 0 spiro atoms. The molecule has 0 fully saturated rings. The molecule has 0 aliphatic carbocycles. The van der Waals surface area contributed by atoms with Crippen molar-refractivity contribution in [1.29, 1.82) is 0 Å². The second-order valence-corrected chi connectivity index (χ2v) is 4.42. The van der Waals surface area contributed by atoms with Gasteiger partial charge in [-0.05, 0) is 37.1 Å². The molecule has 0 radical (unpaired) electrons. The summed E-state index contributed by atoms with van der Waals surface area (Å²) in [7, 11) is 0. The van der Waals surface area contributed by atoms with E-state index in [-0.39, 0.29) is 12.5 Å². The Morgan fingerprint density at radius 2 is 1.55 bits per heavy atom. The molecule has 106 valence electrons. The lowest BCUT2D eigenvalue weighted by Gasteiger charge is -2.05. The van der Waals surface area contributed by atoms with Gasteiger partial charge in [-0.2, -0.15) is 0 Å². The third kappa shape index (κ3) is 5.12. The summed E-state index contributed by atoms with van der Waals surface area (Å²) in [5, 5.41) is 2.70. The maximum absolute atomic E-state index is 10.9. The van der Waals surface area contributed by atoms with E-state index >= 15 is 0 Å². The second kappa shape index (κ2) is 7.96. The molecule has 5 N–H and O–H groups in total. The summed E-state index contributed by atoms with van der Waals surface area (Å²) in [4.78, 5) is 10.9. The molecule has 0 aliphatic rings. The van der Waals surface area contributed by atoms with Crippen molar-refractivity contribution < 1.29 is 4.79 Å². The van der Waals surface area contributed by atoms with E-state index in [0.717, 1.165) is 22.5 Å². The van der Waals surface area contributed by atoms with Crippen LogP contribution in [0, 0.1) is 13.8 Å². The smallest absolute Gasteiger partial charge is 0.238 e. The van der Waals surface area contributed by atoms with E-state index in [1.165, 1.54) is 0 Å². The number of carbonyl (C=O) groups is 1. The minimum absolute atomic E-state index is 0.0222. The largest absolute Gasteiger partial charge is 0.399 e. The van der Waals surface area contributed by atoms with E-state index in [9.17, 15) is 4.79 Å². The highest BCUT2D eigenvalue weighted by molar-refractivity contribution is 5.92. The first kappa shape index (κ1) is 15.7. The van der Waals surface area contributed by atoms with Gasteiger partial charge in [-0.25, -0.2) is 0 Å². The highest BCUT2D eigenvalue weighted by atomic mass is 16.1. The van der Waals surface area contributed by atoms with Crippen LogP contribution in [0.3, 0.4) is 0 Å². The maximum Gasteiger partial charge on any atom is 0.238 e. The first-order valence-electron chi connectivity index (χ1n) is 6.41. The number of nitrogens with one attached hydrogen (secondary N) is 1. The number of carbonyl (C=O) groups excluding carboxylic acids is 1. The van der Waals surface area contributed by atoms with Gasteiger partial charge in [0.1, 0.15) is 0 Å². The molecule has 1 amide bonds. The van der Waals surface area contributed by atoms with Crippen LogP contribution in [0.1, 0.15) is 11.1 Å². The summed E-state index contributed by atoms with van der Waals surface area (Å²) < 4.78 is 0. The lowest BCUT2D eigenvalue weighted by atomic mass is 10.2. The fourth-order valence-electron chi connectivity index (χ4n) is 1.50. The fourth-order valence-corrected chi connectivity index (χ4v) is 1.50. The van der Waals surface area contributed by atoms with Crippen molar-refractivity contribution in [2.75, 3.05) is 17.6 Å². The number of rotatable bonds is 2. The summed E-state index contributed by atoms with van der Waals surface area (Å²) in [5.41, 5.74) is 14.6. The topological polar surface area (TPSA) is 81.1 Å². The number of hydrogen-bond acceptors (Lipinski definition) is 3. The zero-order valence-electron chi connectivity index (χ0n) is 11.9. The van der Waals surface area contributed by atoms with E-state index in [1.807, 2.05) is 62.4 Å². The van der Waals surface area contributed by atoms with E-state index in [2.05, 4.69) is 5.32 Å². The van der Waals surface area contributed by atoms with Gasteiger partial charge in [0.2, 0.25) is 5.91 Å². The summed E-state index contributed by atoms with van der Waals surface area (Å²) in [5.74, 6) is -0.163. The minimum atomic E-state index is -0.163. The van der Waals surface area contributed by atoms with Crippen LogP contribution in [0.5, 0.6) is 0 Å². The number of nitrogens with two attached hydrogens (primary N) is 2. The Morgan fingerprint density at radius 3 is 2.00 bits per heavy atom. The fraction of sp³-hybridized carbons (Fsp3) is 0.188. The van der Waals surface area contributed by atoms with Crippen LogP contribution >= 0.6 is 0 Å². The average molecular weight is 271 g/mol. The quantitative estimate of drug-likeness (QED) is 0.734. The van der Waals surface area contributed by atoms with Crippen LogP contribution in [-0.2, 0) is 4.79 Å². The Hall–Kier alpha value is -2.33. The van der Waals surface area contributed by atoms with Crippen molar-refractivity contribution in [3.8, 4) is 0 Å². The van der Waals surface area contributed by atoms with Crippen molar-refractivity contribution in [1.82, 2.24) is 0 Å². The number of hydrogen-bond donors (Lipinski definition) is 3. The van der Waals surface area contributed by atoms with Crippen LogP contribution in [0.2, 0.25) is 0 Å². The van der Waals surface area contributed by atoms with E-state index in [1.54, 1.807) is 0 Å². The summed E-state index contributed by atoms with van der Waals surface area (Å²) in [6, 6.07) is 15.4. The Morgan fingerprint density at radius 1 is 1.00 bits per heavy atom. The molecule has 4 heteroatoms. The Balaban J connectivity index is 0.000000217. The predicted molar refractivity (Wildman–Crippen MR) is 84.5 cm³/mol. The van der Waals surface area contributed by atoms with Gasteiger partial charge < -0.3 is 16.8 Å². The molecule has 2 rings (SSSR count). The first-order valence-corrected chi connectivity index (χ1v) is 6.41. The molecule has 2 aromatic carbocycles. The Labute approximate surface area is 119 Å². The number of benzene rings is 2. The molecule has 4 nitrogen and oxygen atoms in total. The number of nitrogen functional groups attached to an aromatic ring is 1. The van der Waals surface area contributed by atoms with Gasteiger partial charge in [-0.3, -0.25) is 4.79 Å². The molecule has 0 aliphatic heterocycles. The lowest BCUT2D eigenvalue weighted by molar-refractivity contribution is -0.114. The van der Waals surface area contributed by atoms with Gasteiger partial charge >= 0.3 is 0 Å². The molecule has 20 heavy (non-hydrogen) atoms. The number of para-hydroxylation sites is 2. The Kier molecular flexibility index (Phi) is 6.26. The zero-order valence-corrected chi connectivity index (χ0v) is 11.9. The minimum Gasteiger partial charge on any atom is -0.399 e. The summed E-state index contributed by atoms with van der Waals surface area (Å²) in [6.07, 6.45) is 0. The standard InChI is InChI=1S/C9H12N2O.C7H9N/c1-7-4-2-3-5-8(7)11-9(12)6-10;1-6-4-2-3-5-7(6)8/h2-5H,6,10H2,1H3,(H,11,12);2-5H,8H2,1H3. The van der Waals surface area contributed by atoms with Crippen molar-refractivity contribution in [3.05, 3.63) is 59.7 Å². The van der Waals surface area contributed by atoms with Gasteiger partial charge in [0.25, 0.3) is 0 Å². The van der Waals surface area contributed by atoms with Gasteiger partial charge in [-0.15, -0.1) is 0 Å². The molecule has 0 atom stereocenters. The van der Waals surface area contributed by atoms with E-state index in [4.69, 9.17) is 11.5 Å². The molecular weight excluding hydrogens is 250 g/mol. The third-order valence-electron chi connectivity index (χ3n) is 2.79. The molecule has 0 saturated heterocycles. The number of anilines is 2. The van der Waals surface area contributed by atoms with Gasteiger partial charge in [0.05, 0.1) is 6.54 Å². The number of aryl methyl sites for hydroxylation is 2. The van der Waals surface area contributed by atoms with Gasteiger partial charge in [0, 0.05) is 11.4 Å². The molecule has 0 aromatic heterocycles. The summed E-state index contributed by atoms with van der Waals surface area (Å²) >= 11 is 0. The van der Waals surface area contributed by atoms with Gasteiger partial charge in [-0.1, -0.05) is 36.4 Å². The van der Waals surface area contributed by atoms with Crippen LogP contribution in [-0.4, -0.2) is 12.5 Å². The molecule has 0 unspecified atom stereocenters. The zero-order chi connectivity index (χ0) is 15.0. The van der Waals surface area contributed by atoms with Crippen molar-refractivity contribution in [2.24, 2.45) is 5.73 Å². The van der Waals surface area contributed by atoms with Crippen molar-refractivity contribution in [3.63, 3.8) is 0 Å². The molecule has 2 aromatic rings. The van der Waals surface area contributed by atoms with Crippen molar-refractivity contribution in [2.45, 2.75) is 13.8 Å².